The van der Waals surface area contributed by atoms with E-state index in [4.69, 9.17) is 0 Å². The highest BCUT2D eigenvalue weighted by molar-refractivity contribution is 5.96. The molecule has 3 aromatic carbocycles. The Labute approximate surface area is 237 Å². The summed E-state index contributed by atoms with van der Waals surface area (Å²) in [7, 11) is 0. The summed E-state index contributed by atoms with van der Waals surface area (Å²) in [6, 6.07) is 22.2. The molecule has 9 heteroatoms. The van der Waals surface area contributed by atoms with Gasteiger partial charge in [0.05, 0.1) is 17.4 Å². The summed E-state index contributed by atoms with van der Waals surface area (Å²) >= 11 is 0. The van der Waals surface area contributed by atoms with Gasteiger partial charge in [0.2, 0.25) is 5.91 Å². The van der Waals surface area contributed by atoms with Gasteiger partial charge in [0.15, 0.2) is 5.78 Å². The molecule has 212 valence electrons. The fourth-order valence-electron chi connectivity index (χ4n) is 5.37. The van der Waals surface area contributed by atoms with Crippen LogP contribution in [0.4, 0.5) is 4.39 Å². The molecule has 2 heterocycles. The lowest BCUT2D eigenvalue weighted by molar-refractivity contribution is -0.122. The van der Waals surface area contributed by atoms with Gasteiger partial charge in [-0.15, -0.1) is 0 Å². The number of carbonyl (C=O) groups excluding carboxylic acids is 2. The Morgan fingerprint density at radius 2 is 1.54 bits per heavy atom. The minimum Gasteiger partial charge on any atom is -0.353 e. The lowest BCUT2D eigenvalue weighted by Crippen LogP contribution is -2.44. The van der Waals surface area contributed by atoms with Crippen LogP contribution in [0.25, 0.3) is 10.9 Å². The van der Waals surface area contributed by atoms with Gasteiger partial charge in [0.25, 0.3) is 5.56 Å². The zero-order chi connectivity index (χ0) is 28.8. The van der Waals surface area contributed by atoms with Crippen LogP contribution in [0.5, 0.6) is 0 Å². The maximum Gasteiger partial charge on any atom is 0.331 e. The molecule has 41 heavy (non-hydrogen) atoms. The number of nitrogens with one attached hydrogen (secondary N) is 1. The van der Waals surface area contributed by atoms with Crippen LogP contribution in [0, 0.1) is 5.82 Å². The highest BCUT2D eigenvalue weighted by Crippen LogP contribution is 2.15. The number of hydrogen-bond donors (Lipinski definition) is 1. The van der Waals surface area contributed by atoms with E-state index in [1.807, 2.05) is 18.2 Å². The number of piperidine rings is 1. The van der Waals surface area contributed by atoms with E-state index in [2.05, 4.69) is 22.3 Å². The normalized spacial score (nSPS) is 14.3. The van der Waals surface area contributed by atoms with Crippen molar-refractivity contribution < 1.29 is 14.0 Å². The fourth-order valence-corrected chi connectivity index (χ4v) is 5.37. The van der Waals surface area contributed by atoms with E-state index in [-0.39, 0.29) is 42.8 Å². The standard InChI is InChI=1S/C32H33FN4O4/c33-25-14-12-24(13-15-25)29(38)22-37-28-10-5-4-9-27(28)31(40)36(32(37)41)18-6-11-30(39)34-26-16-19-35(20-17-26)21-23-7-2-1-3-8-23/h1-5,7-10,12-15,26H,6,11,16-22H2,(H,34,39). The Balaban J connectivity index is 1.20. The van der Waals surface area contributed by atoms with Gasteiger partial charge in [0, 0.05) is 44.2 Å². The van der Waals surface area contributed by atoms with Gasteiger partial charge in [-0.05, 0) is 61.2 Å². The van der Waals surface area contributed by atoms with Crippen LogP contribution in [0.2, 0.25) is 0 Å². The van der Waals surface area contributed by atoms with Crippen molar-refractivity contribution in [2.75, 3.05) is 13.1 Å². The first-order chi connectivity index (χ1) is 19.9. The largest absolute Gasteiger partial charge is 0.353 e. The second kappa shape index (κ2) is 12.9. The molecule has 0 unspecified atom stereocenters. The van der Waals surface area contributed by atoms with Crippen molar-refractivity contribution >= 4 is 22.6 Å². The van der Waals surface area contributed by atoms with E-state index in [1.54, 1.807) is 24.3 Å². The van der Waals surface area contributed by atoms with Crippen LogP contribution in [-0.4, -0.2) is 44.9 Å². The van der Waals surface area contributed by atoms with Crippen molar-refractivity contribution in [2.45, 2.75) is 51.4 Å². The first-order valence-electron chi connectivity index (χ1n) is 14.0. The van der Waals surface area contributed by atoms with Crippen molar-refractivity contribution in [3.05, 3.63) is 117 Å². The molecule has 8 nitrogen and oxygen atoms in total. The maximum absolute atomic E-state index is 13.4. The zero-order valence-electron chi connectivity index (χ0n) is 22.8. The summed E-state index contributed by atoms with van der Waals surface area (Å²) in [5.74, 6) is -0.945. The second-order valence-electron chi connectivity index (χ2n) is 10.5. The molecular weight excluding hydrogens is 523 g/mol. The van der Waals surface area contributed by atoms with Gasteiger partial charge in [-0.2, -0.15) is 0 Å². The number of likely N-dealkylation sites (tertiary alicyclic amines) is 1. The molecule has 1 saturated heterocycles. The highest BCUT2D eigenvalue weighted by atomic mass is 19.1. The molecule has 1 aliphatic rings. The third-order valence-corrected chi connectivity index (χ3v) is 7.59. The fraction of sp³-hybridized carbons (Fsp3) is 0.312. The minimum absolute atomic E-state index is 0.0518. The first kappa shape index (κ1) is 28.2. The molecule has 1 fully saturated rings. The molecule has 0 saturated carbocycles. The van der Waals surface area contributed by atoms with Gasteiger partial charge < -0.3 is 5.32 Å². The average Bonchev–Trinajstić information content (AvgIpc) is 2.99. The van der Waals surface area contributed by atoms with Crippen LogP contribution < -0.4 is 16.6 Å². The number of aromatic nitrogens is 2. The number of rotatable bonds is 10. The van der Waals surface area contributed by atoms with E-state index >= 15 is 0 Å². The number of amides is 1. The number of para-hydroxylation sites is 1. The van der Waals surface area contributed by atoms with Crippen LogP contribution in [-0.2, 0) is 24.4 Å². The highest BCUT2D eigenvalue weighted by Gasteiger charge is 2.21. The Kier molecular flexibility index (Phi) is 8.84. The Morgan fingerprint density at radius 3 is 2.27 bits per heavy atom. The van der Waals surface area contributed by atoms with E-state index in [0.29, 0.717) is 17.3 Å². The van der Waals surface area contributed by atoms with E-state index < -0.39 is 17.1 Å². The molecule has 5 rings (SSSR count). The van der Waals surface area contributed by atoms with Gasteiger partial charge in [0.1, 0.15) is 5.82 Å². The molecule has 0 spiro atoms. The van der Waals surface area contributed by atoms with E-state index in [1.165, 1.54) is 34.4 Å². The number of Topliss-reactive ketones (excluding diaryl/α,β-unsaturated/α-hetero) is 1. The predicted molar refractivity (Wildman–Crippen MR) is 155 cm³/mol. The molecular formula is C32H33FN4O4. The van der Waals surface area contributed by atoms with Crippen molar-refractivity contribution in [3.8, 4) is 0 Å². The molecule has 1 aliphatic heterocycles. The average molecular weight is 557 g/mol. The minimum atomic E-state index is -0.615. The lowest BCUT2D eigenvalue weighted by atomic mass is 10.0. The van der Waals surface area contributed by atoms with Crippen LogP contribution in [0.3, 0.4) is 0 Å². The summed E-state index contributed by atoms with van der Waals surface area (Å²) in [6.07, 6.45) is 2.22. The lowest BCUT2D eigenvalue weighted by Gasteiger charge is -2.32. The zero-order valence-corrected chi connectivity index (χ0v) is 22.8. The van der Waals surface area contributed by atoms with Gasteiger partial charge in [-0.25, -0.2) is 9.18 Å². The van der Waals surface area contributed by atoms with E-state index in [9.17, 15) is 23.6 Å². The number of ketones is 1. The predicted octanol–water partition coefficient (Wildman–Crippen LogP) is 3.75. The van der Waals surface area contributed by atoms with Gasteiger partial charge in [-0.3, -0.25) is 28.4 Å². The Hall–Kier alpha value is -4.37. The quantitative estimate of drug-likeness (QED) is 0.301. The SMILES string of the molecule is O=C(CCCn1c(=O)c2ccccc2n(CC(=O)c2ccc(F)cc2)c1=O)NC1CCN(Cc2ccccc2)CC1. The molecule has 0 atom stereocenters. The van der Waals surface area contributed by atoms with Gasteiger partial charge >= 0.3 is 5.69 Å². The van der Waals surface area contributed by atoms with Crippen LogP contribution in [0.15, 0.2) is 88.5 Å². The van der Waals surface area contributed by atoms with Crippen molar-refractivity contribution in [2.24, 2.45) is 0 Å². The molecule has 4 aromatic rings. The molecule has 1 N–H and O–H groups in total. The number of benzene rings is 3. The summed E-state index contributed by atoms with van der Waals surface area (Å²) < 4.78 is 15.7. The summed E-state index contributed by atoms with van der Waals surface area (Å²) in [6.45, 7) is 2.46. The van der Waals surface area contributed by atoms with Crippen molar-refractivity contribution in [1.82, 2.24) is 19.4 Å². The number of hydrogen-bond acceptors (Lipinski definition) is 5. The monoisotopic (exact) mass is 556 g/mol. The summed E-state index contributed by atoms with van der Waals surface area (Å²) in [4.78, 5) is 54.5. The molecule has 0 radical (unpaired) electrons. The molecule has 0 aliphatic carbocycles. The van der Waals surface area contributed by atoms with E-state index in [0.717, 1.165) is 37.0 Å². The number of fused-ring (bicyclic) bond motifs is 1. The topological polar surface area (TPSA) is 93.4 Å². The molecule has 1 aromatic heterocycles. The van der Waals surface area contributed by atoms with Crippen molar-refractivity contribution in [3.63, 3.8) is 0 Å². The smallest absolute Gasteiger partial charge is 0.331 e. The third kappa shape index (κ3) is 6.86. The number of carbonyl (C=O) groups is 2. The van der Waals surface area contributed by atoms with Gasteiger partial charge in [-0.1, -0.05) is 42.5 Å². The summed E-state index contributed by atoms with van der Waals surface area (Å²) in [5, 5.41) is 3.41. The molecule has 1 amide bonds. The summed E-state index contributed by atoms with van der Waals surface area (Å²) in [5.41, 5.74) is 0.823. The van der Waals surface area contributed by atoms with Crippen LogP contribution >= 0.6 is 0 Å². The van der Waals surface area contributed by atoms with Crippen molar-refractivity contribution in [1.29, 1.82) is 0 Å². The second-order valence-corrected chi connectivity index (χ2v) is 10.5. The Morgan fingerprint density at radius 1 is 0.854 bits per heavy atom. The van der Waals surface area contributed by atoms with Crippen LogP contribution in [0.1, 0.15) is 41.6 Å². The Bertz CT molecular complexity index is 1640. The first-order valence-corrected chi connectivity index (χ1v) is 14.0. The molecule has 0 bridgehead atoms. The maximum atomic E-state index is 13.4. The number of halogens is 1. The number of nitrogens with zero attached hydrogens (tertiary/aromatic N) is 3. The third-order valence-electron chi connectivity index (χ3n) is 7.59.